The Labute approximate surface area is 164 Å². The molecule has 3 aromatic rings. The van der Waals surface area contributed by atoms with Gasteiger partial charge in [0.15, 0.2) is 11.5 Å². The van der Waals surface area contributed by atoms with Crippen molar-refractivity contribution in [1.82, 2.24) is 9.97 Å². The van der Waals surface area contributed by atoms with Gasteiger partial charge in [0.1, 0.15) is 17.8 Å². The standard InChI is InChI=1S/C22H22N2O4/c1-3-25-20-8-15(7-16-11-23-13-24-12-16)9-21(26-4-2)22(20)17-5-6-18-19(10-17)28-14-27-18/h5-6,8-13H,3-4,7,14H2,1-2H3. The summed E-state index contributed by atoms with van der Waals surface area (Å²) >= 11 is 0. The molecule has 0 saturated carbocycles. The summed E-state index contributed by atoms with van der Waals surface area (Å²) in [5.74, 6) is 3.03. The molecule has 0 radical (unpaired) electrons. The molecule has 0 amide bonds. The van der Waals surface area contributed by atoms with E-state index in [1.807, 2.05) is 44.4 Å². The van der Waals surface area contributed by atoms with Crippen LogP contribution >= 0.6 is 0 Å². The fourth-order valence-corrected chi connectivity index (χ4v) is 3.28. The summed E-state index contributed by atoms with van der Waals surface area (Å²) in [6.07, 6.45) is 5.87. The SMILES string of the molecule is CCOc1cc(Cc2cncnc2)cc(OCC)c1-c1ccc2c(c1)OCO2. The molecule has 0 spiro atoms. The molecule has 0 bridgehead atoms. The van der Waals surface area contributed by atoms with Gasteiger partial charge >= 0.3 is 0 Å². The minimum absolute atomic E-state index is 0.244. The third kappa shape index (κ3) is 3.71. The normalized spacial score (nSPS) is 12.1. The van der Waals surface area contributed by atoms with Gasteiger partial charge in [0, 0.05) is 18.8 Å². The van der Waals surface area contributed by atoms with Crippen LogP contribution in [0, 0.1) is 0 Å². The fourth-order valence-electron chi connectivity index (χ4n) is 3.28. The van der Waals surface area contributed by atoms with Crippen molar-refractivity contribution >= 4 is 0 Å². The fraction of sp³-hybridized carbons (Fsp3) is 0.273. The molecule has 1 aliphatic rings. The smallest absolute Gasteiger partial charge is 0.231 e. The van der Waals surface area contributed by atoms with Crippen molar-refractivity contribution in [2.24, 2.45) is 0 Å². The van der Waals surface area contributed by atoms with Gasteiger partial charge < -0.3 is 18.9 Å². The molecule has 1 aromatic heterocycles. The van der Waals surface area contributed by atoms with Crippen molar-refractivity contribution in [1.29, 1.82) is 0 Å². The largest absolute Gasteiger partial charge is 0.493 e. The lowest BCUT2D eigenvalue weighted by atomic mass is 9.98. The lowest BCUT2D eigenvalue weighted by molar-refractivity contribution is 0.174. The van der Waals surface area contributed by atoms with E-state index in [0.717, 1.165) is 45.3 Å². The average Bonchev–Trinajstić information content (AvgIpc) is 3.17. The van der Waals surface area contributed by atoms with Crippen LogP contribution in [0.5, 0.6) is 23.0 Å². The van der Waals surface area contributed by atoms with E-state index in [9.17, 15) is 0 Å². The maximum absolute atomic E-state index is 5.99. The summed E-state index contributed by atoms with van der Waals surface area (Å²) in [6.45, 7) is 5.30. The first-order valence-corrected chi connectivity index (χ1v) is 9.35. The number of hydrogen-bond donors (Lipinski definition) is 0. The number of nitrogens with zero attached hydrogens (tertiary/aromatic N) is 2. The highest BCUT2D eigenvalue weighted by molar-refractivity contribution is 5.79. The summed E-state index contributed by atoms with van der Waals surface area (Å²) in [5.41, 5.74) is 3.98. The minimum Gasteiger partial charge on any atom is -0.493 e. The van der Waals surface area contributed by atoms with E-state index >= 15 is 0 Å². The van der Waals surface area contributed by atoms with Crippen LogP contribution in [0.3, 0.4) is 0 Å². The first kappa shape index (κ1) is 18.1. The van der Waals surface area contributed by atoms with Crippen LogP contribution in [0.1, 0.15) is 25.0 Å². The lowest BCUT2D eigenvalue weighted by Gasteiger charge is -2.18. The molecule has 0 atom stereocenters. The first-order valence-electron chi connectivity index (χ1n) is 9.35. The van der Waals surface area contributed by atoms with Crippen molar-refractivity contribution in [2.45, 2.75) is 20.3 Å². The topological polar surface area (TPSA) is 62.7 Å². The van der Waals surface area contributed by atoms with E-state index < -0.39 is 0 Å². The van der Waals surface area contributed by atoms with Crippen LogP contribution in [0.15, 0.2) is 49.1 Å². The molecule has 28 heavy (non-hydrogen) atoms. The molecule has 4 rings (SSSR count). The van der Waals surface area contributed by atoms with Gasteiger partial charge in [-0.15, -0.1) is 0 Å². The number of benzene rings is 2. The van der Waals surface area contributed by atoms with Crippen LogP contribution in [-0.2, 0) is 6.42 Å². The maximum atomic E-state index is 5.99. The number of aromatic nitrogens is 2. The van der Waals surface area contributed by atoms with Gasteiger partial charge in [-0.1, -0.05) is 6.07 Å². The molecule has 2 aromatic carbocycles. The highest BCUT2D eigenvalue weighted by Gasteiger charge is 2.20. The van der Waals surface area contributed by atoms with E-state index in [0.29, 0.717) is 19.6 Å². The zero-order valence-electron chi connectivity index (χ0n) is 16.0. The van der Waals surface area contributed by atoms with Crippen LogP contribution in [0.2, 0.25) is 0 Å². The van der Waals surface area contributed by atoms with Crippen molar-refractivity contribution in [3.8, 4) is 34.1 Å². The predicted molar refractivity (Wildman–Crippen MR) is 105 cm³/mol. The molecule has 6 nitrogen and oxygen atoms in total. The Morgan fingerprint density at radius 3 is 2.21 bits per heavy atom. The van der Waals surface area contributed by atoms with Gasteiger partial charge in [0.25, 0.3) is 0 Å². The summed E-state index contributed by atoms with van der Waals surface area (Å²) in [7, 11) is 0. The second-order valence-corrected chi connectivity index (χ2v) is 6.32. The molecule has 0 saturated heterocycles. The van der Waals surface area contributed by atoms with Crippen LogP contribution in [0.25, 0.3) is 11.1 Å². The first-order chi connectivity index (χ1) is 13.8. The number of hydrogen-bond acceptors (Lipinski definition) is 6. The molecule has 0 fully saturated rings. The quantitative estimate of drug-likeness (QED) is 0.612. The number of fused-ring (bicyclic) bond motifs is 1. The Hall–Kier alpha value is -3.28. The third-order valence-electron chi connectivity index (χ3n) is 4.41. The molecule has 1 aliphatic heterocycles. The minimum atomic E-state index is 0.244. The number of ether oxygens (including phenoxy) is 4. The Kier molecular flexibility index (Phi) is 5.28. The van der Waals surface area contributed by atoms with E-state index in [2.05, 4.69) is 22.1 Å². The van der Waals surface area contributed by atoms with E-state index in [-0.39, 0.29) is 6.79 Å². The average molecular weight is 378 g/mol. The molecule has 144 valence electrons. The summed E-state index contributed by atoms with van der Waals surface area (Å²) in [4.78, 5) is 8.19. The maximum Gasteiger partial charge on any atom is 0.231 e. The van der Waals surface area contributed by atoms with Gasteiger partial charge in [-0.25, -0.2) is 9.97 Å². The Balaban J connectivity index is 1.79. The van der Waals surface area contributed by atoms with E-state index in [4.69, 9.17) is 18.9 Å². The molecule has 0 unspecified atom stereocenters. The molecule has 0 N–H and O–H groups in total. The van der Waals surface area contributed by atoms with Crippen LogP contribution in [-0.4, -0.2) is 30.0 Å². The zero-order valence-corrected chi connectivity index (χ0v) is 16.0. The molecule has 2 heterocycles. The Bertz CT molecular complexity index is 933. The molecule has 0 aliphatic carbocycles. The van der Waals surface area contributed by atoms with E-state index in [1.54, 1.807) is 0 Å². The predicted octanol–water partition coefficient (Wildman–Crippen LogP) is 4.26. The van der Waals surface area contributed by atoms with Crippen LogP contribution < -0.4 is 18.9 Å². The van der Waals surface area contributed by atoms with Crippen molar-refractivity contribution in [2.75, 3.05) is 20.0 Å². The Morgan fingerprint density at radius 1 is 0.857 bits per heavy atom. The summed E-state index contributed by atoms with van der Waals surface area (Å²) < 4.78 is 23.0. The molecular formula is C22H22N2O4. The second kappa shape index (κ2) is 8.17. The summed E-state index contributed by atoms with van der Waals surface area (Å²) in [6, 6.07) is 9.99. The summed E-state index contributed by atoms with van der Waals surface area (Å²) in [5, 5.41) is 0. The van der Waals surface area contributed by atoms with Crippen molar-refractivity contribution in [3.63, 3.8) is 0 Å². The number of rotatable bonds is 7. The second-order valence-electron chi connectivity index (χ2n) is 6.32. The van der Waals surface area contributed by atoms with Gasteiger partial charge in [0.05, 0.1) is 18.8 Å². The van der Waals surface area contributed by atoms with Crippen molar-refractivity contribution < 1.29 is 18.9 Å². The van der Waals surface area contributed by atoms with Crippen LogP contribution in [0.4, 0.5) is 0 Å². The molecular weight excluding hydrogens is 356 g/mol. The highest BCUT2D eigenvalue weighted by atomic mass is 16.7. The van der Waals surface area contributed by atoms with E-state index in [1.165, 1.54) is 6.33 Å². The van der Waals surface area contributed by atoms with Gasteiger partial charge in [-0.2, -0.15) is 0 Å². The highest BCUT2D eigenvalue weighted by Crippen LogP contribution is 2.44. The van der Waals surface area contributed by atoms with Gasteiger partial charge in [0.2, 0.25) is 6.79 Å². The zero-order chi connectivity index (χ0) is 19.3. The van der Waals surface area contributed by atoms with Gasteiger partial charge in [-0.3, -0.25) is 0 Å². The van der Waals surface area contributed by atoms with Crippen molar-refractivity contribution in [3.05, 3.63) is 60.2 Å². The molecule has 6 heteroatoms. The monoisotopic (exact) mass is 378 g/mol. The Morgan fingerprint density at radius 2 is 1.54 bits per heavy atom. The van der Waals surface area contributed by atoms with Gasteiger partial charge in [-0.05, 0) is 54.8 Å². The third-order valence-corrected chi connectivity index (χ3v) is 4.41. The lowest BCUT2D eigenvalue weighted by Crippen LogP contribution is -2.02.